The van der Waals surface area contributed by atoms with Crippen LogP contribution >= 0.6 is 22.9 Å². The Bertz CT molecular complexity index is 2730. The number of aryl methyl sites for hydroxylation is 3. The van der Waals surface area contributed by atoms with Gasteiger partial charge in [-0.2, -0.15) is 0 Å². The molecule has 5 heterocycles. The molecule has 0 fully saturated rings. The van der Waals surface area contributed by atoms with Gasteiger partial charge in [0.2, 0.25) is 11.8 Å². The number of amides is 2. The van der Waals surface area contributed by atoms with Crippen molar-refractivity contribution in [2.75, 3.05) is 42.4 Å². The Morgan fingerprint density at radius 1 is 0.810 bits per heavy atom. The van der Waals surface area contributed by atoms with Crippen LogP contribution in [0.1, 0.15) is 53.2 Å². The molecular weight excluding hydrogens is 824 g/mol. The zero-order chi connectivity index (χ0) is 41.2. The Hall–Kier alpha value is -4.72. The van der Waals surface area contributed by atoms with Gasteiger partial charge in [0.1, 0.15) is 54.6 Å². The molecule has 0 aliphatic heterocycles. The molecule has 2 aliphatic carbocycles. The molecule has 8 rings (SSSR count). The number of carbonyl (C=O) groups is 2. The van der Waals surface area contributed by atoms with E-state index in [1.807, 2.05) is 19.1 Å². The highest BCUT2D eigenvalue weighted by atomic mass is 35.5. The van der Waals surface area contributed by atoms with E-state index >= 15 is 0 Å². The molecule has 20 heteroatoms. The molecule has 16 nitrogen and oxygen atoms in total. The summed E-state index contributed by atoms with van der Waals surface area (Å²) in [5, 5.41) is 12.3. The SMILES string of the molecule is CS(=O)(=O)CCCNC(=O)C1CCc2[nH]c3ncnc(Cl)c3c2C1.Cc1nc2cc(Nc3ncnc4[nH]c5c(c34)CC(C(=O)NCCCS(C)(=O)=O)CC5)ccc2s1. The van der Waals surface area contributed by atoms with Crippen LogP contribution in [-0.2, 0) is 54.9 Å². The summed E-state index contributed by atoms with van der Waals surface area (Å²) in [4.78, 5) is 53.5. The summed E-state index contributed by atoms with van der Waals surface area (Å²) in [6.07, 6.45) is 10.3. The Morgan fingerprint density at radius 3 is 1.95 bits per heavy atom. The van der Waals surface area contributed by atoms with Crippen LogP contribution < -0.4 is 16.0 Å². The molecule has 0 spiro atoms. The van der Waals surface area contributed by atoms with Crippen molar-refractivity contribution in [1.82, 2.24) is 45.5 Å². The molecule has 5 aromatic heterocycles. The second-order valence-corrected chi connectivity index (χ2v) is 21.1. The van der Waals surface area contributed by atoms with Gasteiger partial charge in [-0.05, 0) is 87.6 Å². The van der Waals surface area contributed by atoms with E-state index in [2.05, 4.69) is 56.9 Å². The normalized spacial score (nSPS) is 16.7. The van der Waals surface area contributed by atoms with Gasteiger partial charge in [0.15, 0.2) is 0 Å². The second kappa shape index (κ2) is 17.2. The van der Waals surface area contributed by atoms with E-state index in [1.165, 1.54) is 25.2 Å². The molecule has 2 amide bonds. The summed E-state index contributed by atoms with van der Waals surface area (Å²) in [6.45, 7) is 2.72. The number of H-pyrrole nitrogens is 2. The van der Waals surface area contributed by atoms with Crippen LogP contribution in [0.2, 0.25) is 5.15 Å². The van der Waals surface area contributed by atoms with Crippen molar-refractivity contribution in [1.29, 1.82) is 0 Å². The number of nitrogens with one attached hydrogen (secondary N) is 5. The van der Waals surface area contributed by atoms with E-state index < -0.39 is 19.7 Å². The van der Waals surface area contributed by atoms with Crippen LogP contribution in [-0.4, -0.2) is 101 Å². The highest BCUT2D eigenvalue weighted by molar-refractivity contribution is 7.90. The number of fused-ring (bicyclic) bond motifs is 7. The minimum atomic E-state index is -3.03. The Kier molecular flexibility index (Phi) is 12.3. The Morgan fingerprint density at radius 2 is 1.36 bits per heavy atom. The van der Waals surface area contributed by atoms with Crippen molar-refractivity contribution in [3.63, 3.8) is 0 Å². The zero-order valence-electron chi connectivity index (χ0n) is 32.3. The number of aromatic nitrogens is 7. The van der Waals surface area contributed by atoms with Crippen molar-refractivity contribution in [2.24, 2.45) is 11.8 Å². The number of aromatic amines is 2. The molecule has 58 heavy (non-hydrogen) atoms. The molecule has 0 saturated heterocycles. The topological polar surface area (TPSA) is 235 Å². The van der Waals surface area contributed by atoms with Gasteiger partial charge >= 0.3 is 0 Å². The molecular formula is C38H45ClN10O6S3. The van der Waals surface area contributed by atoms with Gasteiger partial charge in [-0.15, -0.1) is 11.3 Å². The summed E-state index contributed by atoms with van der Waals surface area (Å²) in [5.41, 5.74) is 7.52. The van der Waals surface area contributed by atoms with Gasteiger partial charge < -0.3 is 25.9 Å². The van der Waals surface area contributed by atoms with Crippen molar-refractivity contribution in [3.8, 4) is 0 Å². The maximum absolute atomic E-state index is 12.8. The summed E-state index contributed by atoms with van der Waals surface area (Å²) < 4.78 is 45.9. The molecule has 0 bridgehead atoms. The second-order valence-electron chi connectivity index (χ2n) is 15.0. The molecule has 0 saturated carbocycles. The number of anilines is 2. The molecule has 1 aromatic carbocycles. The third-order valence-electron chi connectivity index (χ3n) is 10.4. The first-order valence-corrected chi connectivity index (χ1v) is 24.3. The zero-order valence-corrected chi connectivity index (χ0v) is 35.5. The predicted octanol–water partition coefficient (Wildman–Crippen LogP) is 4.54. The van der Waals surface area contributed by atoms with E-state index in [1.54, 1.807) is 11.3 Å². The van der Waals surface area contributed by atoms with E-state index in [0.29, 0.717) is 55.4 Å². The van der Waals surface area contributed by atoms with E-state index in [-0.39, 0.29) is 35.2 Å². The van der Waals surface area contributed by atoms with Crippen LogP contribution in [0.5, 0.6) is 0 Å². The van der Waals surface area contributed by atoms with Gasteiger partial charge in [0.25, 0.3) is 0 Å². The fraction of sp³-hybridized carbons (Fsp3) is 0.447. The quantitative estimate of drug-likeness (QED) is 0.0843. The molecule has 2 aliphatic rings. The summed E-state index contributed by atoms with van der Waals surface area (Å²) >= 11 is 7.84. The number of nitrogens with zero attached hydrogens (tertiary/aromatic N) is 5. The molecule has 2 unspecified atom stereocenters. The summed E-state index contributed by atoms with van der Waals surface area (Å²) in [6, 6.07) is 6.08. The fourth-order valence-electron chi connectivity index (χ4n) is 7.62. The Balaban J connectivity index is 0.000000188. The monoisotopic (exact) mass is 868 g/mol. The molecule has 308 valence electrons. The third-order valence-corrected chi connectivity index (χ3v) is 13.7. The van der Waals surface area contributed by atoms with Crippen LogP contribution in [0.3, 0.4) is 0 Å². The van der Waals surface area contributed by atoms with Crippen LogP contribution in [0, 0.1) is 18.8 Å². The number of sulfone groups is 2. The average molecular weight is 869 g/mol. The van der Waals surface area contributed by atoms with E-state index in [4.69, 9.17) is 11.6 Å². The lowest BCUT2D eigenvalue weighted by atomic mass is 9.86. The number of thiazole rings is 1. The lowest BCUT2D eigenvalue weighted by molar-refractivity contribution is -0.126. The molecule has 5 N–H and O–H groups in total. The number of halogens is 1. The van der Waals surface area contributed by atoms with Crippen LogP contribution in [0.4, 0.5) is 11.5 Å². The predicted molar refractivity (Wildman–Crippen MR) is 226 cm³/mol. The number of carbonyl (C=O) groups excluding carboxylic acids is 2. The van der Waals surface area contributed by atoms with Crippen molar-refractivity contribution < 1.29 is 26.4 Å². The smallest absolute Gasteiger partial charge is 0.223 e. The van der Waals surface area contributed by atoms with Crippen molar-refractivity contribution in [2.45, 2.75) is 58.3 Å². The Labute approximate surface area is 344 Å². The first kappa shape index (κ1) is 41.4. The first-order valence-electron chi connectivity index (χ1n) is 19.0. The first-order chi connectivity index (χ1) is 27.6. The summed E-state index contributed by atoms with van der Waals surface area (Å²) in [5.74, 6) is 0.447. The fourth-order valence-corrected chi connectivity index (χ4v) is 10.0. The lowest BCUT2D eigenvalue weighted by Crippen LogP contribution is -2.35. The molecule has 2 atom stereocenters. The van der Waals surface area contributed by atoms with Crippen LogP contribution in [0.25, 0.3) is 32.3 Å². The maximum atomic E-state index is 12.8. The third kappa shape index (κ3) is 9.93. The van der Waals surface area contributed by atoms with E-state index in [0.717, 1.165) is 85.5 Å². The number of benzene rings is 1. The lowest BCUT2D eigenvalue weighted by Gasteiger charge is -2.22. The number of rotatable bonds is 12. The van der Waals surface area contributed by atoms with Crippen molar-refractivity contribution in [3.05, 3.63) is 63.5 Å². The number of hydrogen-bond donors (Lipinski definition) is 5. The van der Waals surface area contributed by atoms with Gasteiger partial charge in [0.05, 0.1) is 37.5 Å². The van der Waals surface area contributed by atoms with Gasteiger partial charge in [-0.3, -0.25) is 9.59 Å². The average Bonchev–Trinajstić information content (AvgIpc) is 3.86. The highest BCUT2D eigenvalue weighted by Crippen LogP contribution is 2.36. The molecule has 0 radical (unpaired) electrons. The molecule has 6 aromatic rings. The van der Waals surface area contributed by atoms with Gasteiger partial charge in [-0.25, -0.2) is 41.8 Å². The summed E-state index contributed by atoms with van der Waals surface area (Å²) in [7, 11) is -6.02. The van der Waals surface area contributed by atoms with E-state index in [9.17, 15) is 26.4 Å². The largest absolute Gasteiger partial charge is 0.356 e. The minimum absolute atomic E-state index is 0.0378. The van der Waals surface area contributed by atoms with Gasteiger partial charge in [-0.1, -0.05) is 11.6 Å². The highest BCUT2D eigenvalue weighted by Gasteiger charge is 2.30. The van der Waals surface area contributed by atoms with Gasteiger partial charge in [0, 0.05) is 54.5 Å². The number of hydrogen-bond acceptors (Lipinski definition) is 13. The maximum Gasteiger partial charge on any atom is 0.223 e. The van der Waals surface area contributed by atoms with Crippen molar-refractivity contribution >= 4 is 98.2 Å². The minimum Gasteiger partial charge on any atom is -0.356 e. The van der Waals surface area contributed by atoms with Crippen LogP contribution in [0.15, 0.2) is 30.9 Å². The standard InChI is InChI=1S/C23H26N6O3S2.C15H19ClN4O3S/c1-13-27-18-11-15(5-7-19(18)33-13)28-21-20-16-10-14(23(30)24-8-3-9-34(2,31)32)4-6-17(16)29-22(20)26-12-25-21;1-24(22,23)6-2-5-17-15(21)9-3-4-11-10(7-9)12-13(16)18-8-19-14(12)20-11/h5,7,11-12,14H,3-4,6,8-10H2,1-2H3,(H,24,30)(H2,25,26,28,29);8-9H,2-7H2,1H3,(H,17,21)(H,18,19,20).